The van der Waals surface area contributed by atoms with Crippen LogP contribution in [0.5, 0.6) is 0 Å². The smallest absolute Gasteiger partial charge is 0.253 e. The second kappa shape index (κ2) is 6.67. The van der Waals surface area contributed by atoms with Gasteiger partial charge in [-0.1, -0.05) is 41.9 Å². The van der Waals surface area contributed by atoms with Crippen molar-refractivity contribution in [3.8, 4) is 5.69 Å². The molecule has 0 fully saturated rings. The number of nitrogens with zero attached hydrogens (tertiary/aromatic N) is 2. The molecule has 0 aliphatic carbocycles. The average molecular weight is 326 g/mol. The van der Waals surface area contributed by atoms with Crippen LogP contribution >= 0.6 is 11.6 Å². The highest BCUT2D eigenvalue weighted by molar-refractivity contribution is 6.33. The number of imidazole rings is 1. The monoisotopic (exact) mass is 325 g/mol. The van der Waals surface area contributed by atoms with E-state index in [9.17, 15) is 4.79 Å². The zero-order valence-electron chi connectivity index (χ0n) is 12.7. The zero-order chi connectivity index (χ0) is 16.2. The van der Waals surface area contributed by atoms with Gasteiger partial charge in [0.15, 0.2) is 0 Å². The molecule has 0 unspecified atom stereocenters. The van der Waals surface area contributed by atoms with Crippen LogP contribution in [0.2, 0.25) is 5.02 Å². The highest BCUT2D eigenvalue weighted by Crippen LogP contribution is 2.17. The predicted molar refractivity (Wildman–Crippen MR) is 90.9 cm³/mol. The molecule has 0 saturated heterocycles. The van der Waals surface area contributed by atoms with Gasteiger partial charge in [0, 0.05) is 18.9 Å². The van der Waals surface area contributed by atoms with Crippen molar-refractivity contribution in [3.63, 3.8) is 0 Å². The van der Waals surface area contributed by atoms with Crippen LogP contribution in [0.4, 0.5) is 0 Å². The number of aromatic nitrogens is 2. The maximum Gasteiger partial charge on any atom is 0.253 e. The van der Waals surface area contributed by atoms with Crippen LogP contribution in [0, 0.1) is 6.92 Å². The molecule has 3 aromatic rings. The third kappa shape index (κ3) is 3.27. The first-order chi connectivity index (χ1) is 11.2. The van der Waals surface area contributed by atoms with Crippen molar-refractivity contribution in [2.45, 2.75) is 13.5 Å². The summed E-state index contributed by atoms with van der Waals surface area (Å²) in [5.74, 6) is 0.711. The molecular weight excluding hydrogens is 310 g/mol. The minimum atomic E-state index is -0.187. The Morgan fingerprint density at radius 2 is 1.91 bits per heavy atom. The van der Waals surface area contributed by atoms with Crippen LogP contribution in [-0.4, -0.2) is 15.5 Å². The normalized spacial score (nSPS) is 10.5. The molecule has 0 aliphatic heterocycles. The summed E-state index contributed by atoms with van der Waals surface area (Å²) in [6, 6.07) is 14.9. The maximum absolute atomic E-state index is 12.3. The molecule has 0 radical (unpaired) electrons. The number of carbonyl (C=O) groups excluding carboxylic acids is 1. The standard InChI is InChI=1S/C18H16ClN3O/c1-13-20-10-11-22(13)17-9-5-2-6-14(17)12-21-18(23)15-7-3-4-8-16(15)19/h2-11H,12H2,1H3,(H,21,23). The molecule has 1 heterocycles. The Morgan fingerprint density at radius 1 is 1.17 bits per heavy atom. The van der Waals surface area contributed by atoms with Crippen LogP contribution in [0.1, 0.15) is 21.7 Å². The van der Waals surface area contributed by atoms with Crippen LogP contribution in [0.3, 0.4) is 0 Å². The van der Waals surface area contributed by atoms with E-state index in [0.717, 1.165) is 17.1 Å². The fourth-order valence-electron chi connectivity index (χ4n) is 2.44. The van der Waals surface area contributed by atoms with Crippen molar-refractivity contribution in [3.05, 3.63) is 82.9 Å². The molecule has 116 valence electrons. The van der Waals surface area contributed by atoms with Gasteiger partial charge < -0.3 is 9.88 Å². The number of halogens is 1. The van der Waals surface area contributed by atoms with Gasteiger partial charge in [0.25, 0.3) is 5.91 Å². The van der Waals surface area contributed by atoms with Gasteiger partial charge in [0.2, 0.25) is 0 Å². The molecule has 2 aromatic carbocycles. The molecule has 0 aliphatic rings. The fourth-order valence-corrected chi connectivity index (χ4v) is 2.67. The molecule has 0 saturated carbocycles. The lowest BCUT2D eigenvalue weighted by Gasteiger charge is -2.13. The summed E-state index contributed by atoms with van der Waals surface area (Å²) in [6.45, 7) is 2.36. The van der Waals surface area contributed by atoms with Crippen molar-refractivity contribution in [2.24, 2.45) is 0 Å². The number of nitrogens with one attached hydrogen (secondary N) is 1. The number of hydrogen-bond donors (Lipinski definition) is 1. The largest absolute Gasteiger partial charge is 0.348 e. The van der Waals surface area contributed by atoms with Gasteiger partial charge in [-0.3, -0.25) is 4.79 Å². The number of amides is 1. The molecule has 5 heteroatoms. The zero-order valence-corrected chi connectivity index (χ0v) is 13.4. The van der Waals surface area contributed by atoms with Gasteiger partial charge in [0.05, 0.1) is 16.3 Å². The highest BCUT2D eigenvalue weighted by atomic mass is 35.5. The molecule has 4 nitrogen and oxygen atoms in total. The van der Waals surface area contributed by atoms with Crippen LogP contribution in [0.25, 0.3) is 5.69 Å². The van der Waals surface area contributed by atoms with E-state index in [4.69, 9.17) is 11.6 Å². The molecule has 0 spiro atoms. The number of hydrogen-bond acceptors (Lipinski definition) is 2. The lowest BCUT2D eigenvalue weighted by Crippen LogP contribution is -2.23. The molecule has 1 aromatic heterocycles. The molecule has 23 heavy (non-hydrogen) atoms. The Kier molecular flexibility index (Phi) is 4.44. The topological polar surface area (TPSA) is 46.9 Å². The van der Waals surface area contributed by atoms with E-state index < -0.39 is 0 Å². The van der Waals surface area contributed by atoms with Gasteiger partial charge >= 0.3 is 0 Å². The number of aryl methyl sites for hydroxylation is 1. The van der Waals surface area contributed by atoms with Crippen molar-refractivity contribution < 1.29 is 4.79 Å². The van der Waals surface area contributed by atoms with E-state index in [2.05, 4.69) is 10.3 Å². The summed E-state index contributed by atoms with van der Waals surface area (Å²) >= 11 is 6.06. The minimum absolute atomic E-state index is 0.187. The van der Waals surface area contributed by atoms with E-state index in [-0.39, 0.29) is 5.91 Å². The molecule has 3 rings (SSSR count). The lowest BCUT2D eigenvalue weighted by atomic mass is 10.1. The van der Waals surface area contributed by atoms with Gasteiger partial charge in [0.1, 0.15) is 5.82 Å². The molecule has 0 bridgehead atoms. The van der Waals surface area contributed by atoms with E-state index >= 15 is 0 Å². The van der Waals surface area contributed by atoms with Crippen LogP contribution in [0.15, 0.2) is 60.9 Å². The van der Waals surface area contributed by atoms with E-state index in [1.165, 1.54) is 0 Å². The second-order valence-electron chi connectivity index (χ2n) is 5.14. The predicted octanol–water partition coefficient (Wildman–Crippen LogP) is 3.76. The number of rotatable bonds is 4. The summed E-state index contributed by atoms with van der Waals surface area (Å²) in [5, 5.41) is 3.37. The first kappa shape index (κ1) is 15.3. The summed E-state index contributed by atoms with van der Waals surface area (Å²) in [5.41, 5.74) is 2.49. The minimum Gasteiger partial charge on any atom is -0.348 e. The van der Waals surface area contributed by atoms with Gasteiger partial charge in [-0.05, 0) is 30.7 Å². The molecule has 1 N–H and O–H groups in total. The van der Waals surface area contributed by atoms with Crippen LogP contribution in [-0.2, 0) is 6.54 Å². The third-order valence-corrected chi connectivity index (χ3v) is 3.96. The highest BCUT2D eigenvalue weighted by Gasteiger charge is 2.11. The SMILES string of the molecule is Cc1nccn1-c1ccccc1CNC(=O)c1ccccc1Cl. The first-order valence-corrected chi connectivity index (χ1v) is 7.65. The van der Waals surface area contributed by atoms with E-state index in [1.807, 2.05) is 42.0 Å². The Hall–Kier alpha value is -2.59. The molecule has 1 amide bonds. The quantitative estimate of drug-likeness (QED) is 0.793. The van der Waals surface area contributed by atoms with Gasteiger partial charge in [-0.15, -0.1) is 0 Å². The lowest BCUT2D eigenvalue weighted by molar-refractivity contribution is 0.0951. The van der Waals surface area contributed by atoms with Crippen LogP contribution < -0.4 is 5.32 Å². The number of para-hydroxylation sites is 1. The van der Waals surface area contributed by atoms with Crippen molar-refractivity contribution in [1.82, 2.24) is 14.9 Å². The van der Waals surface area contributed by atoms with E-state index in [0.29, 0.717) is 17.1 Å². The van der Waals surface area contributed by atoms with Gasteiger partial charge in [-0.2, -0.15) is 0 Å². The fraction of sp³-hybridized carbons (Fsp3) is 0.111. The Bertz CT molecular complexity index is 842. The third-order valence-electron chi connectivity index (χ3n) is 3.63. The first-order valence-electron chi connectivity index (χ1n) is 7.28. The van der Waals surface area contributed by atoms with Crippen molar-refractivity contribution >= 4 is 17.5 Å². The Morgan fingerprint density at radius 3 is 2.65 bits per heavy atom. The average Bonchev–Trinajstić information content (AvgIpc) is 2.99. The van der Waals surface area contributed by atoms with Gasteiger partial charge in [-0.25, -0.2) is 4.98 Å². The molecule has 0 atom stereocenters. The number of carbonyl (C=O) groups is 1. The summed E-state index contributed by atoms with van der Waals surface area (Å²) in [4.78, 5) is 16.5. The summed E-state index contributed by atoms with van der Waals surface area (Å²) < 4.78 is 2.00. The molecular formula is C18H16ClN3O. The second-order valence-corrected chi connectivity index (χ2v) is 5.54. The van der Waals surface area contributed by atoms with Crippen molar-refractivity contribution in [1.29, 1.82) is 0 Å². The Balaban J connectivity index is 1.81. The summed E-state index contributed by atoms with van der Waals surface area (Å²) in [6.07, 6.45) is 3.67. The number of benzene rings is 2. The summed E-state index contributed by atoms with van der Waals surface area (Å²) in [7, 11) is 0. The Labute approximate surface area is 139 Å². The van der Waals surface area contributed by atoms with Crippen molar-refractivity contribution in [2.75, 3.05) is 0 Å². The maximum atomic E-state index is 12.3. The van der Waals surface area contributed by atoms with E-state index in [1.54, 1.807) is 30.5 Å².